The summed E-state index contributed by atoms with van der Waals surface area (Å²) in [4.78, 5) is 13.1. The molecule has 0 aliphatic heterocycles. The zero-order valence-corrected chi connectivity index (χ0v) is 20.2. The van der Waals surface area contributed by atoms with Crippen molar-refractivity contribution in [2.45, 2.75) is 20.0 Å². The van der Waals surface area contributed by atoms with E-state index in [1.807, 2.05) is 24.3 Å². The fourth-order valence-electron chi connectivity index (χ4n) is 3.38. The van der Waals surface area contributed by atoms with Crippen LogP contribution in [0, 0.1) is 5.82 Å². The third-order valence-corrected chi connectivity index (χ3v) is 6.86. The number of hydrogen-bond acceptors (Lipinski definition) is 5. The number of rotatable bonds is 8. The van der Waals surface area contributed by atoms with E-state index in [1.165, 1.54) is 35.2 Å². The van der Waals surface area contributed by atoms with Gasteiger partial charge in [-0.3, -0.25) is 4.79 Å². The maximum absolute atomic E-state index is 13.1. The van der Waals surface area contributed by atoms with Crippen LogP contribution in [0.3, 0.4) is 0 Å². The summed E-state index contributed by atoms with van der Waals surface area (Å²) in [5.41, 5.74) is 5.26. The van der Waals surface area contributed by atoms with Crippen LogP contribution in [0.25, 0.3) is 10.1 Å². The second kappa shape index (κ2) is 10.7. The number of ether oxygens (including phenoxy) is 2. The van der Waals surface area contributed by atoms with E-state index < -0.39 is 0 Å². The summed E-state index contributed by atoms with van der Waals surface area (Å²) in [6.07, 6.45) is 2.45. The van der Waals surface area contributed by atoms with Gasteiger partial charge in [0.05, 0.1) is 18.3 Å². The summed E-state index contributed by atoms with van der Waals surface area (Å²) in [5.74, 6) is 0.495. The van der Waals surface area contributed by atoms with Gasteiger partial charge in [0.15, 0.2) is 0 Å². The Balaban J connectivity index is 1.45. The Morgan fingerprint density at radius 2 is 1.94 bits per heavy atom. The van der Waals surface area contributed by atoms with Crippen molar-refractivity contribution in [3.63, 3.8) is 0 Å². The highest BCUT2D eigenvalue weighted by molar-refractivity contribution is 7.21. The van der Waals surface area contributed by atoms with Gasteiger partial charge in [-0.15, -0.1) is 11.3 Å². The maximum atomic E-state index is 13.1. The lowest BCUT2D eigenvalue weighted by molar-refractivity contribution is 0.0959. The average molecular weight is 497 g/mol. The van der Waals surface area contributed by atoms with Crippen molar-refractivity contribution in [2.24, 2.45) is 5.10 Å². The number of methoxy groups -OCH3 is 1. The van der Waals surface area contributed by atoms with Gasteiger partial charge in [-0.05, 0) is 66.1 Å². The van der Waals surface area contributed by atoms with Crippen molar-refractivity contribution in [3.05, 3.63) is 93.1 Å². The quantitative estimate of drug-likeness (QED) is 0.220. The minimum absolute atomic E-state index is 0.222. The Hall–Kier alpha value is -3.42. The molecule has 0 unspecified atom stereocenters. The largest absolute Gasteiger partial charge is 0.496 e. The Kier molecular flexibility index (Phi) is 7.45. The second-order valence-electron chi connectivity index (χ2n) is 7.44. The van der Waals surface area contributed by atoms with E-state index in [1.54, 1.807) is 25.3 Å². The topological polar surface area (TPSA) is 59.9 Å². The predicted octanol–water partition coefficient (Wildman–Crippen LogP) is 6.61. The van der Waals surface area contributed by atoms with Gasteiger partial charge in [-0.25, -0.2) is 9.82 Å². The number of nitrogens with zero attached hydrogens (tertiary/aromatic N) is 1. The molecule has 1 N–H and O–H groups in total. The highest BCUT2D eigenvalue weighted by atomic mass is 35.5. The van der Waals surface area contributed by atoms with E-state index in [2.05, 4.69) is 23.5 Å². The predicted molar refractivity (Wildman–Crippen MR) is 135 cm³/mol. The van der Waals surface area contributed by atoms with Crippen LogP contribution in [0.1, 0.15) is 33.3 Å². The van der Waals surface area contributed by atoms with E-state index >= 15 is 0 Å². The monoisotopic (exact) mass is 496 g/mol. The number of nitrogens with one attached hydrogen (secondary N) is 1. The van der Waals surface area contributed by atoms with E-state index in [0.717, 1.165) is 27.6 Å². The molecule has 0 spiro atoms. The molecule has 8 heteroatoms. The number of amides is 1. The lowest BCUT2D eigenvalue weighted by atomic mass is 10.1. The SMILES string of the molecule is CCc1ccc2c(Cl)c(C(=O)NN=Cc3ccc(OC)c(COc4ccc(F)cc4)c3)sc2c1. The summed E-state index contributed by atoms with van der Waals surface area (Å²) in [5, 5.41) is 5.38. The summed E-state index contributed by atoms with van der Waals surface area (Å²) >= 11 is 7.79. The average Bonchev–Trinajstić information content (AvgIpc) is 3.19. The number of fused-ring (bicyclic) bond motifs is 1. The molecule has 3 aromatic carbocycles. The van der Waals surface area contributed by atoms with Crippen molar-refractivity contribution >= 4 is 45.1 Å². The van der Waals surface area contributed by atoms with Crippen LogP contribution in [0.15, 0.2) is 65.8 Å². The van der Waals surface area contributed by atoms with Gasteiger partial charge < -0.3 is 9.47 Å². The molecule has 0 saturated heterocycles. The van der Waals surface area contributed by atoms with Crippen LogP contribution in [0.5, 0.6) is 11.5 Å². The number of aryl methyl sites for hydroxylation is 1. The van der Waals surface area contributed by atoms with Crippen LogP contribution >= 0.6 is 22.9 Å². The molecular weight excluding hydrogens is 475 g/mol. The molecule has 4 aromatic rings. The van der Waals surface area contributed by atoms with Crippen molar-refractivity contribution in [1.29, 1.82) is 0 Å². The highest BCUT2D eigenvalue weighted by Crippen LogP contribution is 2.36. The summed E-state index contributed by atoms with van der Waals surface area (Å²) < 4.78 is 25.2. The van der Waals surface area contributed by atoms with E-state index in [-0.39, 0.29) is 18.3 Å². The van der Waals surface area contributed by atoms with Crippen LogP contribution in [0.4, 0.5) is 4.39 Å². The van der Waals surface area contributed by atoms with Crippen molar-refractivity contribution in [2.75, 3.05) is 7.11 Å². The number of halogens is 2. The molecule has 34 heavy (non-hydrogen) atoms. The fraction of sp³-hybridized carbons (Fsp3) is 0.154. The standard InChI is InChI=1S/C26H22ClFN2O3S/c1-3-16-4-10-21-23(13-16)34-25(24(21)27)26(31)30-29-14-17-5-11-22(32-2)18(12-17)15-33-20-8-6-19(28)7-9-20/h4-14H,3,15H2,1-2H3,(H,30,31). The molecule has 1 amide bonds. The summed E-state index contributed by atoms with van der Waals surface area (Å²) in [6, 6.07) is 17.3. The summed E-state index contributed by atoms with van der Waals surface area (Å²) in [6.45, 7) is 2.30. The molecule has 0 bridgehead atoms. The normalized spacial score (nSPS) is 11.2. The van der Waals surface area contributed by atoms with Crippen LogP contribution in [-0.2, 0) is 13.0 Å². The maximum Gasteiger partial charge on any atom is 0.283 e. The van der Waals surface area contributed by atoms with E-state index in [0.29, 0.717) is 21.4 Å². The number of hydrazone groups is 1. The van der Waals surface area contributed by atoms with Crippen molar-refractivity contribution in [3.8, 4) is 11.5 Å². The molecule has 0 atom stereocenters. The number of carbonyl (C=O) groups excluding carboxylic acids is 1. The third-order valence-electron chi connectivity index (χ3n) is 5.20. The van der Waals surface area contributed by atoms with Gasteiger partial charge in [0, 0.05) is 15.6 Å². The third kappa shape index (κ3) is 5.38. The van der Waals surface area contributed by atoms with Gasteiger partial charge in [-0.1, -0.05) is 30.7 Å². The Morgan fingerprint density at radius 3 is 2.68 bits per heavy atom. The van der Waals surface area contributed by atoms with Crippen LogP contribution in [0.2, 0.25) is 5.02 Å². The number of benzene rings is 3. The Bertz CT molecular complexity index is 1350. The zero-order chi connectivity index (χ0) is 24.1. The molecule has 0 saturated carbocycles. The van der Waals surface area contributed by atoms with Gasteiger partial charge in [-0.2, -0.15) is 5.10 Å². The fourth-order valence-corrected chi connectivity index (χ4v) is 4.85. The first-order valence-corrected chi connectivity index (χ1v) is 11.8. The zero-order valence-electron chi connectivity index (χ0n) is 18.6. The highest BCUT2D eigenvalue weighted by Gasteiger charge is 2.17. The van der Waals surface area contributed by atoms with Gasteiger partial charge >= 0.3 is 0 Å². The number of thiophene rings is 1. The number of carbonyl (C=O) groups is 1. The van der Waals surface area contributed by atoms with E-state index in [4.69, 9.17) is 21.1 Å². The minimum atomic E-state index is -0.367. The van der Waals surface area contributed by atoms with Crippen molar-refractivity contribution < 1.29 is 18.7 Å². The first-order chi connectivity index (χ1) is 16.5. The van der Waals surface area contributed by atoms with Gasteiger partial charge in [0.25, 0.3) is 5.91 Å². The first kappa shape index (κ1) is 23.7. The summed E-state index contributed by atoms with van der Waals surface area (Å²) in [7, 11) is 1.57. The van der Waals surface area contributed by atoms with Crippen molar-refractivity contribution in [1.82, 2.24) is 5.43 Å². The first-order valence-electron chi connectivity index (χ1n) is 10.6. The molecule has 0 fully saturated rings. The lowest BCUT2D eigenvalue weighted by Crippen LogP contribution is -2.16. The molecule has 4 rings (SSSR count). The van der Waals surface area contributed by atoms with Crippen LogP contribution < -0.4 is 14.9 Å². The van der Waals surface area contributed by atoms with Gasteiger partial charge in [0.1, 0.15) is 28.8 Å². The van der Waals surface area contributed by atoms with E-state index in [9.17, 15) is 9.18 Å². The Morgan fingerprint density at radius 1 is 1.15 bits per heavy atom. The molecule has 5 nitrogen and oxygen atoms in total. The lowest BCUT2D eigenvalue weighted by Gasteiger charge is -2.11. The molecule has 0 aliphatic carbocycles. The molecule has 174 valence electrons. The molecule has 0 aliphatic rings. The Labute approximate surface area is 205 Å². The molecular formula is C26H22ClFN2O3S. The van der Waals surface area contributed by atoms with Gasteiger partial charge in [0.2, 0.25) is 0 Å². The molecule has 1 heterocycles. The molecule has 1 aromatic heterocycles. The van der Waals surface area contributed by atoms with Crippen LogP contribution in [-0.4, -0.2) is 19.2 Å². The number of hydrogen-bond donors (Lipinski definition) is 1. The minimum Gasteiger partial charge on any atom is -0.496 e. The smallest absolute Gasteiger partial charge is 0.283 e. The molecule has 0 radical (unpaired) electrons. The second-order valence-corrected chi connectivity index (χ2v) is 8.87.